The standard InChI is InChI=1S/C20H11F12NO2.Cu/c21-17(22,23)10-1-8(2-11(5-10)18(24,25)26)15(34)14(7-33)16(35)9-3-12(19(27,28)29)6-13(4-9)20(30,31)32;/h1-6,14-16,34-35H;. The van der Waals surface area contributed by atoms with E-state index in [1.807, 2.05) is 0 Å². The van der Waals surface area contributed by atoms with Gasteiger partial charge in [-0.05, 0) is 47.5 Å². The maximum Gasteiger partial charge on any atom is 0.416 e. The Balaban J connectivity index is 0.00000648. The predicted octanol–water partition coefficient (Wildman–Crippen LogP) is 6.67. The first-order valence-electron chi connectivity index (χ1n) is 9.00. The number of halogens is 12. The largest absolute Gasteiger partial charge is 0.416 e. The van der Waals surface area contributed by atoms with Gasteiger partial charge in [-0.1, -0.05) is 0 Å². The molecule has 0 amide bonds. The van der Waals surface area contributed by atoms with Crippen molar-refractivity contribution in [3.05, 3.63) is 69.8 Å². The summed E-state index contributed by atoms with van der Waals surface area (Å²) in [6.45, 7) is 0. The predicted molar refractivity (Wildman–Crippen MR) is 91.9 cm³/mol. The molecule has 0 aromatic heterocycles. The van der Waals surface area contributed by atoms with E-state index in [1.165, 1.54) is 0 Å². The Kier molecular flexibility index (Phi) is 9.19. The van der Waals surface area contributed by atoms with Crippen molar-refractivity contribution < 1.29 is 80.0 Å². The summed E-state index contributed by atoms with van der Waals surface area (Å²) in [6, 6.07) is 0.505. The third kappa shape index (κ3) is 7.28. The number of alkyl halides is 12. The van der Waals surface area contributed by atoms with Crippen LogP contribution in [0.2, 0.25) is 0 Å². The Morgan fingerprint density at radius 2 is 0.750 bits per heavy atom. The van der Waals surface area contributed by atoms with Crippen molar-refractivity contribution in [2.24, 2.45) is 5.92 Å². The van der Waals surface area contributed by atoms with E-state index < -0.39 is 76.2 Å². The molecule has 0 saturated heterocycles. The average Bonchev–Trinajstić information content (AvgIpc) is 2.70. The zero-order valence-corrected chi connectivity index (χ0v) is 17.8. The fraction of sp³-hybridized carbons (Fsp3) is 0.350. The third-order valence-corrected chi connectivity index (χ3v) is 4.73. The fourth-order valence-electron chi connectivity index (χ4n) is 3.03. The van der Waals surface area contributed by atoms with Crippen molar-refractivity contribution in [3.8, 4) is 6.07 Å². The Bertz CT molecular complexity index is 970. The normalized spacial score (nSPS) is 15.5. The summed E-state index contributed by atoms with van der Waals surface area (Å²) < 4.78 is 157. The minimum Gasteiger partial charge on any atom is -0.387 e. The summed E-state index contributed by atoms with van der Waals surface area (Å²) in [4.78, 5) is 0. The van der Waals surface area contributed by atoms with Gasteiger partial charge in [0.05, 0.1) is 40.5 Å². The van der Waals surface area contributed by atoms with Crippen LogP contribution in [0.5, 0.6) is 0 Å². The minimum absolute atomic E-state index is 0. The monoisotopic (exact) mass is 588 g/mol. The summed E-state index contributed by atoms with van der Waals surface area (Å²) in [7, 11) is 0. The molecule has 0 heterocycles. The van der Waals surface area contributed by atoms with Gasteiger partial charge in [0.2, 0.25) is 0 Å². The zero-order chi connectivity index (χ0) is 27.1. The zero-order valence-electron chi connectivity index (χ0n) is 16.9. The molecule has 2 atom stereocenters. The molecule has 36 heavy (non-hydrogen) atoms. The van der Waals surface area contributed by atoms with Gasteiger partial charge < -0.3 is 10.2 Å². The quantitative estimate of drug-likeness (QED) is 0.310. The molecule has 0 spiro atoms. The van der Waals surface area contributed by atoms with Crippen molar-refractivity contribution in [1.82, 2.24) is 0 Å². The van der Waals surface area contributed by atoms with Gasteiger partial charge in [-0.15, -0.1) is 0 Å². The van der Waals surface area contributed by atoms with Crippen LogP contribution in [0, 0.1) is 17.2 Å². The topological polar surface area (TPSA) is 64.2 Å². The van der Waals surface area contributed by atoms with Crippen LogP contribution in [0.25, 0.3) is 0 Å². The van der Waals surface area contributed by atoms with Crippen molar-refractivity contribution in [2.75, 3.05) is 0 Å². The first kappa shape index (κ1) is 31.6. The van der Waals surface area contributed by atoms with Gasteiger partial charge in [0.15, 0.2) is 0 Å². The number of hydrogen-bond acceptors (Lipinski definition) is 3. The molecule has 0 aliphatic rings. The van der Waals surface area contributed by atoms with Crippen molar-refractivity contribution in [3.63, 3.8) is 0 Å². The maximum atomic E-state index is 13.0. The van der Waals surface area contributed by atoms with Gasteiger partial charge >= 0.3 is 24.7 Å². The van der Waals surface area contributed by atoms with Crippen LogP contribution >= 0.6 is 0 Å². The van der Waals surface area contributed by atoms with Gasteiger partial charge in [0, 0.05) is 17.1 Å². The molecule has 16 heteroatoms. The molecule has 2 rings (SSSR count). The van der Waals surface area contributed by atoms with Crippen LogP contribution in [-0.2, 0) is 41.8 Å². The van der Waals surface area contributed by atoms with E-state index in [-0.39, 0.29) is 53.5 Å². The first-order valence-corrected chi connectivity index (χ1v) is 9.00. The number of nitriles is 1. The number of hydrogen-bond donors (Lipinski definition) is 2. The maximum absolute atomic E-state index is 13.0. The van der Waals surface area contributed by atoms with E-state index in [0.29, 0.717) is 0 Å². The molecule has 0 aliphatic carbocycles. The molecule has 2 aromatic carbocycles. The van der Waals surface area contributed by atoms with Gasteiger partial charge in [0.25, 0.3) is 0 Å². The Hall–Kier alpha value is -2.47. The number of nitrogens with zero attached hydrogens (tertiary/aromatic N) is 1. The van der Waals surface area contributed by atoms with Gasteiger partial charge in [-0.25, -0.2) is 0 Å². The van der Waals surface area contributed by atoms with E-state index in [2.05, 4.69) is 0 Å². The van der Waals surface area contributed by atoms with Crippen LogP contribution in [0.15, 0.2) is 36.4 Å². The Morgan fingerprint density at radius 3 is 0.917 bits per heavy atom. The van der Waals surface area contributed by atoms with Crippen molar-refractivity contribution in [2.45, 2.75) is 36.9 Å². The van der Waals surface area contributed by atoms with Crippen LogP contribution in [0.1, 0.15) is 45.6 Å². The second kappa shape index (κ2) is 10.5. The van der Waals surface area contributed by atoms with Crippen molar-refractivity contribution in [1.29, 1.82) is 5.26 Å². The SMILES string of the molecule is N#CC(C(O)c1cc(C(F)(F)F)cc(C(F)(F)F)c1)C(O)c1cc(C(F)(F)F)cc(C(F)(F)F)c1.[Cu]. The second-order valence-electron chi connectivity index (χ2n) is 7.22. The molecular formula is C20H11CuF12NO2. The first-order chi connectivity index (χ1) is 15.7. The smallest absolute Gasteiger partial charge is 0.387 e. The Morgan fingerprint density at radius 1 is 0.528 bits per heavy atom. The number of aliphatic hydroxyl groups is 2. The van der Waals surface area contributed by atoms with Crippen LogP contribution in [-0.4, -0.2) is 10.2 Å². The molecule has 0 bridgehead atoms. The van der Waals surface area contributed by atoms with E-state index in [1.54, 1.807) is 0 Å². The van der Waals surface area contributed by atoms with E-state index >= 15 is 0 Å². The van der Waals surface area contributed by atoms with Crippen molar-refractivity contribution >= 4 is 0 Å². The van der Waals surface area contributed by atoms with Crippen LogP contribution < -0.4 is 0 Å². The van der Waals surface area contributed by atoms with E-state index in [0.717, 1.165) is 6.07 Å². The number of benzene rings is 2. The fourth-order valence-corrected chi connectivity index (χ4v) is 3.03. The van der Waals surface area contributed by atoms with Gasteiger partial charge in [-0.3, -0.25) is 0 Å². The second-order valence-corrected chi connectivity index (χ2v) is 7.22. The van der Waals surface area contributed by atoms with E-state index in [9.17, 15) is 68.2 Å². The molecule has 0 fully saturated rings. The van der Waals surface area contributed by atoms with Crippen LogP contribution in [0.4, 0.5) is 52.7 Å². The summed E-state index contributed by atoms with van der Waals surface area (Å²) >= 11 is 0. The molecule has 2 aromatic rings. The molecule has 203 valence electrons. The average molecular weight is 589 g/mol. The summed E-state index contributed by atoms with van der Waals surface area (Å²) in [5, 5.41) is 29.8. The molecular weight excluding hydrogens is 578 g/mol. The summed E-state index contributed by atoms with van der Waals surface area (Å²) in [6.07, 6.45) is -26.8. The van der Waals surface area contributed by atoms with Crippen LogP contribution in [0.3, 0.4) is 0 Å². The summed E-state index contributed by atoms with van der Waals surface area (Å²) in [5.41, 5.74) is -10.1. The molecule has 1 radical (unpaired) electrons. The number of aliphatic hydroxyl groups excluding tert-OH is 2. The van der Waals surface area contributed by atoms with E-state index in [4.69, 9.17) is 0 Å². The molecule has 2 N–H and O–H groups in total. The van der Waals surface area contributed by atoms with Gasteiger partial charge in [0.1, 0.15) is 5.92 Å². The molecule has 3 nitrogen and oxygen atoms in total. The Labute approximate surface area is 204 Å². The van der Waals surface area contributed by atoms with Gasteiger partial charge in [-0.2, -0.15) is 57.9 Å². The number of rotatable bonds is 4. The minimum atomic E-state index is -5.36. The molecule has 0 aliphatic heterocycles. The molecule has 0 saturated carbocycles. The summed E-state index contributed by atoms with van der Waals surface area (Å²) in [5.74, 6) is -2.47. The third-order valence-electron chi connectivity index (χ3n) is 4.73. The molecule has 2 unspecified atom stereocenters.